The highest BCUT2D eigenvalue weighted by atomic mass is 19.1. The molecule has 1 atom stereocenters. The summed E-state index contributed by atoms with van der Waals surface area (Å²) in [5.74, 6) is -0.0856. The lowest BCUT2D eigenvalue weighted by atomic mass is 10.1. The summed E-state index contributed by atoms with van der Waals surface area (Å²) in [5.41, 5.74) is 1.40. The first-order chi connectivity index (χ1) is 10.4. The predicted octanol–water partition coefficient (Wildman–Crippen LogP) is 1.95. The van der Waals surface area contributed by atoms with Crippen molar-refractivity contribution in [1.82, 2.24) is 15.3 Å². The van der Waals surface area contributed by atoms with Gasteiger partial charge in [0, 0.05) is 11.3 Å². The number of rotatable bonds is 4. The van der Waals surface area contributed by atoms with E-state index in [0.29, 0.717) is 17.1 Å². The molecule has 1 aromatic carbocycles. The molecule has 0 fully saturated rings. The quantitative estimate of drug-likeness (QED) is 0.906. The van der Waals surface area contributed by atoms with Gasteiger partial charge in [0.15, 0.2) is 0 Å². The number of hydrogen-bond acceptors (Lipinski definition) is 3. The molecule has 0 aliphatic rings. The Kier molecular flexibility index (Phi) is 4.70. The summed E-state index contributed by atoms with van der Waals surface area (Å²) >= 11 is 0. The molecule has 0 bridgehead atoms. The van der Waals surface area contributed by atoms with Crippen LogP contribution in [0.1, 0.15) is 35.6 Å². The van der Waals surface area contributed by atoms with Crippen LogP contribution in [0.2, 0.25) is 0 Å². The fourth-order valence-electron chi connectivity index (χ4n) is 2.25. The summed E-state index contributed by atoms with van der Waals surface area (Å²) in [7, 11) is 0. The van der Waals surface area contributed by atoms with Crippen LogP contribution in [0.25, 0.3) is 0 Å². The van der Waals surface area contributed by atoms with Gasteiger partial charge in [-0.25, -0.2) is 9.37 Å². The maximum atomic E-state index is 12.9. The van der Waals surface area contributed by atoms with E-state index < -0.39 is 0 Å². The predicted molar refractivity (Wildman–Crippen MR) is 81.0 cm³/mol. The molecule has 2 rings (SSSR count). The molecule has 116 valence electrons. The van der Waals surface area contributed by atoms with Crippen LogP contribution in [0.4, 0.5) is 4.39 Å². The van der Waals surface area contributed by atoms with E-state index in [1.165, 1.54) is 12.1 Å². The Morgan fingerprint density at radius 3 is 2.55 bits per heavy atom. The number of H-pyrrole nitrogens is 1. The van der Waals surface area contributed by atoms with E-state index >= 15 is 0 Å². The van der Waals surface area contributed by atoms with Crippen LogP contribution < -0.4 is 10.9 Å². The van der Waals surface area contributed by atoms with E-state index in [-0.39, 0.29) is 29.7 Å². The number of hydrogen-bond donors (Lipinski definition) is 2. The van der Waals surface area contributed by atoms with Crippen molar-refractivity contribution in [3.63, 3.8) is 0 Å². The number of aromatic amines is 1. The topological polar surface area (TPSA) is 74.8 Å². The average molecular weight is 303 g/mol. The summed E-state index contributed by atoms with van der Waals surface area (Å²) < 4.78 is 12.9. The van der Waals surface area contributed by atoms with Crippen LogP contribution in [-0.2, 0) is 11.2 Å². The molecule has 5 nitrogen and oxygen atoms in total. The average Bonchev–Trinajstić information content (AvgIpc) is 2.43. The number of halogens is 1. The Balaban J connectivity index is 2.07. The third-order valence-corrected chi connectivity index (χ3v) is 3.43. The Morgan fingerprint density at radius 1 is 1.32 bits per heavy atom. The zero-order chi connectivity index (χ0) is 16.3. The Morgan fingerprint density at radius 2 is 1.95 bits per heavy atom. The lowest BCUT2D eigenvalue weighted by Gasteiger charge is -2.14. The highest BCUT2D eigenvalue weighted by Gasteiger charge is 2.14. The van der Waals surface area contributed by atoms with Gasteiger partial charge in [-0.15, -0.1) is 0 Å². The van der Waals surface area contributed by atoms with Crippen LogP contribution >= 0.6 is 0 Å². The van der Waals surface area contributed by atoms with E-state index in [2.05, 4.69) is 15.3 Å². The van der Waals surface area contributed by atoms with Gasteiger partial charge in [-0.2, -0.15) is 0 Å². The molecular formula is C16H18FN3O2. The van der Waals surface area contributed by atoms with E-state index in [4.69, 9.17) is 0 Å². The molecule has 2 N–H and O–H groups in total. The fourth-order valence-corrected chi connectivity index (χ4v) is 2.25. The first kappa shape index (κ1) is 15.9. The fraction of sp³-hybridized carbons (Fsp3) is 0.312. The third kappa shape index (κ3) is 3.78. The minimum Gasteiger partial charge on any atom is -0.349 e. The molecule has 0 unspecified atom stereocenters. The van der Waals surface area contributed by atoms with E-state index in [0.717, 1.165) is 5.56 Å². The first-order valence-electron chi connectivity index (χ1n) is 6.98. The van der Waals surface area contributed by atoms with Crippen LogP contribution in [0.5, 0.6) is 0 Å². The van der Waals surface area contributed by atoms with Gasteiger partial charge in [-0.1, -0.05) is 12.1 Å². The number of carbonyl (C=O) groups is 1. The maximum absolute atomic E-state index is 12.9. The van der Waals surface area contributed by atoms with E-state index in [9.17, 15) is 14.0 Å². The van der Waals surface area contributed by atoms with Crippen molar-refractivity contribution in [1.29, 1.82) is 0 Å². The number of nitrogens with zero attached hydrogens (tertiary/aromatic N) is 1. The molecule has 0 aliphatic heterocycles. The molecule has 0 spiro atoms. The number of benzene rings is 1. The van der Waals surface area contributed by atoms with E-state index in [1.807, 2.05) is 0 Å². The third-order valence-electron chi connectivity index (χ3n) is 3.43. The lowest BCUT2D eigenvalue weighted by Crippen LogP contribution is -2.31. The van der Waals surface area contributed by atoms with Gasteiger partial charge in [0.1, 0.15) is 11.6 Å². The van der Waals surface area contributed by atoms with Gasteiger partial charge < -0.3 is 10.3 Å². The lowest BCUT2D eigenvalue weighted by molar-refractivity contribution is -0.121. The SMILES string of the molecule is Cc1nc(C)c(CC(=O)N[C@@H](C)c2ccc(F)cc2)c(=O)[nH]1. The molecule has 0 saturated heterocycles. The zero-order valence-electron chi connectivity index (χ0n) is 12.7. The standard InChI is InChI=1S/C16H18FN3O2/c1-9(12-4-6-13(17)7-5-12)19-15(21)8-14-10(2)18-11(3)20-16(14)22/h4-7,9H,8H2,1-3H3,(H,19,21)(H,18,20,22)/t9-/m0/s1. The van der Waals surface area contributed by atoms with Crippen molar-refractivity contribution >= 4 is 5.91 Å². The molecule has 2 aromatic rings. The summed E-state index contributed by atoms with van der Waals surface area (Å²) in [6.07, 6.45) is -0.0417. The van der Waals surface area contributed by atoms with Crippen molar-refractivity contribution in [2.75, 3.05) is 0 Å². The second-order valence-corrected chi connectivity index (χ2v) is 5.23. The van der Waals surface area contributed by atoms with Crippen LogP contribution in [0, 0.1) is 19.7 Å². The smallest absolute Gasteiger partial charge is 0.254 e. The van der Waals surface area contributed by atoms with Gasteiger partial charge in [0.2, 0.25) is 5.91 Å². The minimum atomic E-state index is -0.324. The largest absolute Gasteiger partial charge is 0.349 e. The summed E-state index contributed by atoms with van der Waals surface area (Å²) in [5, 5.41) is 2.79. The number of aromatic nitrogens is 2. The molecule has 1 amide bonds. The molecule has 1 heterocycles. The minimum absolute atomic E-state index is 0.0417. The molecule has 0 aliphatic carbocycles. The Bertz CT molecular complexity index is 738. The molecule has 0 saturated carbocycles. The van der Waals surface area contributed by atoms with Gasteiger partial charge >= 0.3 is 0 Å². The van der Waals surface area contributed by atoms with Crippen LogP contribution in [0.3, 0.4) is 0 Å². The number of carbonyl (C=O) groups excluding carboxylic acids is 1. The number of nitrogens with one attached hydrogen (secondary N) is 2. The summed E-state index contributed by atoms with van der Waals surface area (Å²) in [6.45, 7) is 5.19. The monoisotopic (exact) mass is 303 g/mol. The van der Waals surface area contributed by atoms with Crippen molar-refractivity contribution in [3.05, 3.63) is 63.1 Å². The summed E-state index contributed by atoms with van der Waals surface area (Å²) in [6, 6.07) is 5.65. The van der Waals surface area contributed by atoms with Gasteiger partial charge in [0.25, 0.3) is 5.56 Å². The first-order valence-corrected chi connectivity index (χ1v) is 6.98. The second-order valence-electron chi connectivity index (χ2n) is 5.23. The number of aryl methyl sites for hydroxylation is 2. The van der Waals surface area contributed by atoms with Crippen LogP contribution in [-0.4, -0.2) is 15.9 Å². The van der Waals surface area contributed by atoms with Gasteiger partial charge in [-0.3, -0.25) is 9.59 Å². The number of amides is 1. The molecule has 22 heavy (non-hydrogen) atoms. The second kappa shape index (κ2) is 6.51. The normalized spacial score (nSPS) is 12.0. The van der Waals surface area contributed by atoms with Crippen molar-refractivity contribution in [2.24, 2.45) is 0 Å². The highest BCUT2D eigenvalue weighted by molar-refractivity contribution is 5.79. The van der Waals surface area contributed by atoms with Crippen molar-refractivity contribution in [3.8, 4) is 0 Å². The maximum Gasteiger partial charge on any atom is 0.254 e. The van der Waals surface area contributed by atoms with Crippen molar-refractivity contribution < 1.29 is 9.18 Å². The van der Waals surface area contributed by atoms with Crippen molar-refractivity contribution in [2.45, 2.75) is 33.2 Å². The van der Waals surface area contributed by atoms with E-state index in [1.54, 1.807) is 32.9 Å². The summed E-state index contributed by atoms with van der Waals surface area (Å²) in [4.78, 5) is 30.7. The Labute approximate surface area is 127 Å². The Hall–Kier alpha value is -2.50. The highest BCUT2D eigenvalue weighted by Crippen LogP contribution is 2.13. The molecule has 1 aromatic heterocycles. The zero-order valence-corrected chi connectivity index (χ0v) is 12.7. The molecule has 0 radical (unpaired) electrons. The van der Waals surface area contributed by atoms with Crippen LogP contribution in [0.15, 0.2) is 29.1 Å². The van der Waals surface area contributed by atoms with Gasteiger partial charge in [-0.05, 0) is 38.5 Å². The molecule has 6 heteroatoms. The van der Waals surface area contributed by atoms with Gasteiger partial charge in [0.05, 0.1) is 12.5 Å². The molecular weight excluding hydrogens is 285 g/mol.